The lowest BCUT2D eigenvalue weighted by Gasteiger charge is -2.13. The quantitative estimate of drug-likeness (QED) is 0.192. The normalized spacial score (nSPS) is 11.2. The Hall–Kier alpha value is -4.90. The first kappa shape index (κ1) is 22.9. The Morgan fingerprint density at radius 2 is 0.889 bits per heavy atom. The highest BCUT2D eigenvalue weighted by Crippen LogP contribution is 2.38. The zero-order chi connectivity index (χ0) is 25.2. The number of para-hydroxylation sites is 1. The molecule has 0 unspecified atom stereocenters. The molecule has 0 saturated carbocycles. The van der Waals surface area contributed by atoms with Gasteiger partial charge < -0.3 is 28.7 Å². The van der Waals surface area contributed by atoms with Crippen molar-refractivity contribution in [1.29, 1.82) is 0 Å². The smallest absolute Gasteiger partial charge is 0.0393 e. The van der Waals surface area contributed by atoms with Gasteiger partial charge in [-0.25, -0.2) is 0 Å². The highest BCUT2D eigenvalue weighted by Gasteiger charge is 2.18. The molecule has 0 aromatic heterocycles. The maximum absolute atomic E-state index is 6.11. The van der Waals surface area contributed by atoms with Crippen molar-refractivity contribution in [2.75, 3.05) is 28.7 Å². The molecule has 1 aliphatic rings. The number of hydrogen-bond acceptors (Lipinski definition) is 5. The van der Waals surface area contributed by atoms with Gasteiger partial charge in [0, 0.05) is 34.0 Å². The van der Waals surface area contributed by atoms with Crippen molar-refractivity contribution in [3.63, 3.8) is 0 Å². The monoisotopic (exact) mass is 471 g/mol. The van der Waals surface area contributed by atoms with Gasteiger partial charge >= 0.3 is 0 Å². The lowest BCUT2D eigenvalue weighted by Crippen LogP contribution is -1.94. The number of rotatable bonds is 2. The standard InChI is InChI=1S/C18H17N3.C13H12N2/c19-13-7-5-12(6-8-13)15-10-9-14(20)11-17(15)16-3-1-2-4-18(16)21;14-10-1-3-12-8(6-10)5-9-7-11(15)2-4-13(9)12/h1-11H,19-21H2;1-4,6-7H,5,14-15H2. The molecule has 178 valence electrons. The fraction of sp³-hybridized carbons (Fsp3) is 0.0323. The van der Waals surface area contributed by atoms with Crippen LogP contribution < -0.4 is 28.7 Å². The molecular formula is C31H29N5. The summed E-state index contributed by atoms with van der Waals surface area (Å²) in [4.78, 5) is 0. The molecule has 0 spiro atoms. The second-order valence-corrected chi connectivity index (χ2v) is 9.02. The topological polar surface area (TPSA) is 130 Å². The maximum atomic E-state index is 6.11. The Morgan fingerprint density at radius 1 is 0.389 bits per heavy atom. The third-order valence-corrected chi connectivity index (χ3v) is 6.45. The summed E-state index contributed by atoms with van der Waals surface area (Å²) in [5.41, 5.74) is 42.6. The van der Waals surface area contributed by atoms with Crippen molar-refractivity contribution in [3.05, 3.63) is 114 Å². The van der Waals surface area contributed by atoms with Gasteiger partial charge in [-0.3, -0.25) is 0 Å². The average Bonchev–Trinajstić information content (AvgIpc) is 3.21. The van der Waals surface area contributed by atoms with Gasteiger partial charge in [0.1, 0.15) is 0 Å². The molecule has 0 aliphatic heterocycles. The van der Waals surface area contributed by atoms with Gasteiger partial charge in [0.15, 0.2) is 0 Å². The Bertz CT molecular complexity index is 1510. The molecule has 0 atom stereocenters. The predicted molar refractivity (Wildman–Crippen MR) is 154 cm³/mol. The van der Waals surface area contributed by atoms with Crippen LogP contribution in [0.4, 0.5) is 28.4 Å². The summed E-state index contributed by atoms with van der Waals surface area (Å²) < 4.78 is 0. The molecule has 0 heterocycles. The first-order valence-corrected chi connectivity index (χ1v) is 11.8. The van der Waals surface area contributed by atoms with E-state index in [9.17, 15) is 0 Å². The van der Waals surface area contributed by atoms with E-state index in [0.717, 1.165) is 51.4 Å². The Balaban J connectivity index is 0.000000156. The molecule has 0 amide bonds. The van der Waals surface area contributed by atoms with Crippen molar-refractivity contribution in [3.8, 4) is 33.4 Å². The van der Waals surface area contributed by atoms with Gasteiger partial charge in [0.05, 0.1) is 0 Å². The summed E-state index contributed by atoms with van der Waals surface area (Å²) in [5, 5.41) is 0. The van der Waals surface area contributed by atoms with Gasteiger partial charge in [-0.05, 0) is 100.0 Å². The molecule has 5 aromatic carbocycles. The van der Waals surface area contributed by atoms with Crippen LogP contribution in [-0.4, -0.2) is 0 Å². The van der Waals surface area contributed by atoms with E-state index in [1.54, 1.807) is 0 Å². The van der Waals surface area contributed by atoms with E-state index in [4.69, 9.17) is 28.7 Å². The third kappa shape index (κ3) is 4.55. The van der Waals surface area contributed by atoms with Crippen molar-refractivity contribution in [2.24, 2.45) is 0 Å². The first-order chi connectivity index (χ1) is 17.4. The van der Waals surface area contributed by atoms with E-state index in [1.807, 2.05) is 91.0 Å². The van der Waals surface area contributed by atoms with Crippen molar-refractivity contribution in [2.45, 2.75) is 6.42 Å². The second-order valence-electron chi connectivity index (χ2n) is 9.02. The maximum Gasteiger partial charge on any atom is 0.0393 e. The molecule has 0 radical (unpaired) electrons. The van der Waals surface area contributed by atoms with Crippen LogP contribution in [-0.2, 0) is 6.42 Å². The van der Waals surface area contributed by atoms with Crippen LogP contribution in [0.2, 0.25) is 0 Å². The Kier molecular flexibility index (Phi) is 5.97. The van der Waals surface area contributed by atoms with Crippen LogP contribution in [0.15, 0.2) is 103 Å². The molecule has 5 aromatic rings. The molecule has 0 fully saturated rings. The highest BCUT2D eigenvalue weighted by molar-refractivity contribution is 5.90. The van der Waals surface area contributed by atoms with Crippen LogP contribution in [0, 0.1) is 0 Å². The number of anilines is 5. The zero-order valence-electron chi connectivity index (χ0n) is 19.9. The van der Waals surface area contributed by atoms with Crippen LogP contribution in [0.1, 0.15) is 11.1 Å². The third-order valence-electron chi connectivity index (χ3n) is 6.45. The Labute approximate surface area is 211 Å². The molecule has 10 N–H and O–H groups in total. The molecule has 0 bridgehead atoms. The predicted octanol–water partition coefficient (Wildman–Crippen LogP) is 6.19. The fourth-order valence-electron chi connectivity index (χ4n) is 4.69. The van der Waals surface area contributed by atoms with E-state index in [0.29, 0.717) is 5.69 Å². The minimum Gasteiger partial charge on any atom is -0.399 e. The first-order valence-electron chi connectivity index (χ1n) is 11.8. The van der Waals surface area contributed by atoms with Gasteiger partial charge in [-0.2, -0.15) is 0 Å². The van der Waals surface area contributed by atoms with Gasteiger partial charge in [0.25, 0.3) is 0 Å². The number of nitrogens with two attached hydrogens (primary N) is 5. The minimum absolute atomic E-state index is 0.715. The van der Waals surface area contributed by atoms with Crippen molar-refractivity contribution >= 4 is 28.4 Å². The summed E-state index contributed by atoms with van der Waals surface area (Å²) in [6.07, 6.45) is 0.945. The average molecular weight is 472 g/mol. The highest BCUT2D eigenvalue weighted by atomic mass is 14.6. The second kappa shape index (κ2) is 9.39. The lowest BCUT2D eigenvalue weighted by molar-refractivity contribution is 1.27. The summed E-state index contributed by atoms with van der Waals surface area (Å²) in [6.45, 7) is 0. The molecule has 36 heavy (non-hydrogen) atoms. The molecule has 5 heteroatoms. The summed E-state index contributed by atoms with van der Waals surface area (Å²) in [5.74, 6) is 0. The van der Waals surface area contributed by atoms with Gasteiger partial charge in [-0.15, -0.1) is 0 Å². The molecule has 1 aliphatic carbocycles. The van der Waals surface area contributed by atoms with E-state index < -0.39 is 0 Å². The van der Waals surface area contributed by atoms with E-state index in [-0.39, 0.29) is 0 Å². The van der Waals surface area contributed by atoms with E-state index >= 15 is 0 Å². The number of nitrogen functional groups attached to an aromatic ring is 5. The van der Waals surface area contributed by atoms with Crippen molar-refractivity contribution in [1.82, 2.24) is 0 Å². The number of benzene rings is 5. The number of fused-ring (bicyclic) bond motifs is 3. The van der Waals surface area contributed by atoms with Crippen LogP contribution in [0.25, 0.3) is 33.4 Å². The summed E-state index contributed by atoms with van der Waals surface area (Å²) in [6, 6.07) is 33.6. The Morgan fingerprint density at radius 3 is 1.47 bits per heavy atom. The minimum atomic E-state index is 0.715. The van der Waals surface area contributed by atoms with E-state index in [2.05, 4.69) is 12.1 Å². The summed E-state index contributed by atoms with van der Waals surface area (Å²) >= 11 is 0. The molecule has 0 saturated heterocycles. The molecular weight excluding hydrogens is 442 g/mol. The fourth-order valence-corrected chi connectivity index (χ4v) is 4.69. The van der Waals surface area contributed by atoms with Gasteiger partial charge in [0.2, 0.25) is 0 Å². The number of hydrogen-bond donors (Lipinski definition) is 5. The summed E-state index contributed by atoms with van der Waals surface area (Å²) in [7, 11) is 0. The van der Waals surface area contributed by atoms with Crippen molar-refractivity contribution < 1.29 is 0 Å². The zero-order valence-corrected chi connectivity index (χ0v) is 19.9. The van der Waals surface area contributed by atoms with Crippen LogP contribution in [0.5, 0.6) is 0 Å². The molecule has 6 rings (SSSR count). The van der Waals surface area contributed by atoms with E-state index in [1.165, 1.54) is 22.3 Å². The van der Waals surface area contributed by atoms with Crippen LogP contribution in [0.3, 0.4) is 0 Å². The van der Waals surface area contributed by atoms with Gasteiger partial charge in [-0.1, -0.05) is 48.5 Å². The lowest BCUT2D eigenvalue weighted by atomic mass is 9.93. The molecule has 5 nitrogen and oxygen atoms in total. The SMILES string of the molecule is Nc1ccc(-c2ccc(N)cc2-c2ccccc2N)cc1.Nc1ccc2c(c1)Cc1cc(N)ccc1-2. The van der Waals surface area contributed by atoms with Crippen LogP contribution >= 0.6 is 0 Å². The largest absolute Gasteiger partial charge is 0.399 e.